The molecular formula is C14H16N2O2S2. The Bertz CT molecular complexity index is 594. The summed E-state index contributed by atoms with van der Waals surface area (Å²) in [6.07, 6.45) is 1.93. The molecular weight excluding hydrogens is 292 g/mol. The summed E-state index contributed by atoms with van der Waals surface area (Å²) in [5, 5.41) is 3.95. The second-order valence-electron chi connectivity index (χ2n) is 4.07. The predicted molar refractivity (Wildman–Crippen MR) is 84.3 cm³/mol. The van der Waals surface area contributed by atoms with Crippen LogP contribution in [0.5, 0.6) is 0 Å². The van der Waals surface area contributed by atoms with E-state index in [-0.39, 0.29) is 0 Å². The van der Waals surface area contributed by atoms with E-state index in [1.807, 2.05) is 37.4 Å². The van der Waals surface area contributed by atoms with E-state index in [1.54, 1.807) is 6.92 Å². The van der Waals surface area contributed by atoms with Gasteiger partial charge in [-0.3, -0.25) is 0 Å². The van der Waals surface area contributed by atoms with E-state index in [2.05, 4.69) is 10.3 Å². The van der Waals surface area contributed by atoms with Gasteiger partial charge in [-0.05, 0) is 32.2 Å². The van der Waals surface area contributed by atoms with Crippen molar-refractivity contribution in [3.63, 3.8) is 0 Å². The number of aryl methyl sites for hydroxylation is 1. The summed E-state index contributed by atoms with van der Waals surface area (Å²) in [6.45, 7) is 4.16. The van der Waals surface area contributed by atoms with E-state index in [9.17, 15) is 4.79 Å². The van der Waals surface area contributed by atoms with E-state index in [0.29, 0.717) is 12.3 Å². The molecule has 0 atom stereocenters. The lowest BCUT2D eigenvalue weighted by atomic mass is 10.2. The minimum absolute atomic E-state index is 0.342. The number of nitrogens with one attached hydrogen (secondary N) is 1. The molecule has 2 aromatic rings. The molecule has 6 heteroatoms. The van der Waals surface area contributed by atoms with Gasteiger partial charge in [-0.15, -0.1) is 0 Å². The number of aromatic nitrogens is 1. The highest BCUT2D eigenvalue weighted by Crippen LogP contribution is 2.33. The van der Waals surface area contributed by atoms with Gasteiger partial charge in [0.25, 0.3) is 0 Å². The Balaban J connectivity index is 2.27. The molecule has 0 saturated heterocycles. The van der Waals surface area contributed by atoms with E-state index in [0.717, 1.165) is 15.0 Å². The van der Waals surface area contributed by atoms with Crippen molar-refractivity contribution in [2.45, 2.75) is 18.2 Å². The first kappa shape index (κ1) is 14.9. The Morgan fingerprint density at radius 1 is 1.40 bits per heavy atom. The number of hydrogen-bond donors (Lipinski definition) is 1. The average molecular weight is 308 g/mol. The summed E-state index contributed by atoms with van der Waals surface area (Å²) in [6, 6.07) is 7.98. The van der Waals surface area contributed by atoms with Gasteiger partial charge in [0.15, 0.2) is 10.0 Å². The minimum atomic E-state index is -0.390. The molecule has 0 aliphatic carbocycles. The first-order chi connectivity index (χ1) is 9.63. The van der Waals surface area contributed by atoms with Crippen molar-refractivity contribution in [3.8, 4) is 0 Å². The third-order valence-electron chi connectivity index (χ3n) is 2.56. The summed E-state index contributed by atoms with van der Waals surface area (Å²) in [7, 11) is 0. The number of esters is 1. The van der Waals surface area contributed by atoms with E-state index >= 15 is 0 Å². The maximum atomic E-state index is 11.9. The van der Waals surface area contributed by atoms with Gasteiger partial charge in [-0.25, -0.2) is 9.78 Å². The molecule has 1 aromatic carbocycles. The number of anilines is 2. The zero-order valence-electron chi connectivity index (χ0n) is 11.6. The van der Waals surface area contributed by atoms with Crippen molar-refractivity contribution >= 4 is 39.8 Å². The van der Waals surface area contributed by atoms with Gasteiger partial charge in [0.1, 0.15) is 5.00 Å². The fourth-order valence-electron chi connectivity index (χ4n) is 1.58. The normalized spacial score (nSPS) is 10.3. The number of thiazole rings is 1. The van der Waals surface area contributed by atoms with Gasteiger partial charge in [0.05, 0.1) is 6.61 Å². The Hall–Kier alpha value is -1.53. The average Bonchev–Trinajstić information content (AvgIpc) is 2.85. The van der Waals surface area contributed by atoms with Crippen molar-refractivity contribution < 1.29 is 9.53 Å². The standard InChI is InChI=1S/C14H16N2O2S2/c1-4-18-13(17)11-12(20-14(16-11)19-3)15-10-7-5-9(2)6-8-10/h5-8,15H,4H2,1-3H3. The number of rotatable bonds is 5. The minimum Gasteiger partial charge on any atom is -0.461 e. The van der Waals surface area contributed by atoms with Crippen LogP contribution in [0.25, 0.3) is 0 Å². The number of carbonyl (C=O) groups is 1. The Labute approximate surface area is 126 Å². The zero-order valence-corrected chi connectivity index (χ0v) is 13.2. The molecule has 0 fully saturated rings. The highest BCUT2D eigenvalue weighted by atomic mass is 32.2. The predicted octanol–water partition coefficient (Wildman–Crippen LogP) is 4.09. The molecule has 0 aliphatic rings. The first-order valence-electron chi connectivity index (χ1n) is 6.19. The highest BCUT2D eigenvalue weighted by Gasteiger charge is 2.19. The quantitative estimate of drug-likeness (QED) is 0.666. The van der Waals surface area contributed by atoms with E-state index < -0.39 is 5.97 Å². The van der Waals surface area contributed by atoms with Crippen LogP contribution in [0.15, 0.2) is 28.6 Å². The molecule has 0 saturated carbocycles. The van der Waals surface area contributed by atoms with Crippen LogP contribution >= 0.6 is 23.1 Å². The van der Waals surface area contributed by atoms with Crippen molar-refractivity contribution in [1.29, 1.82) is 0 Å². The largest absolute Gasteiger partial charge is 0.461 e. The molecule has 0 bridgehead atoms. The summed E-state index contributed by atoms with van der Waals surface area (Å²) in [5.41, 5.74) is 2.47. The molecule has 4 nitrogen and oxygen atoms in total. The van der Waals surface area contributed by atoms with E-state index in [4.69, 9.17) is 4.74 Å². The van der Waals surface area contributed by atoms with Crippen molar-refractivity contribution in [1.82, 2.24) is 4.98 Å². The van der Waals surface area contributed by atoms with E-state index in [1.165, 1.54) is 28.7 Å². The van der Waals surface area contributed by atoms with Crippen molar-refractivity contribution in [3.05, 3.63) is 35.5 Å². The number of ether oxygens (including phenoxy) is 1. The van der Waals surface area contributed by atoms with Gasteiger partial charge in [-0.2, -0.15) is 0 Å². The Kier molecular flexibility index (Phi) is 5.03. The molecule has 0 amide bonds. The lowest BCUT2D eigenvalue weighted by Crippen LogP contribution is -2.07. The zero-order chi connectivity index (χ0) is 14.5. The number of hydrogen-bond acceptors (Lipinski definition) is 6. The molecule has 0 aliphatic heterocycles. The SMILES string of the molecule is CCOC(=O)c1nc(SC)sc1Nc1ccc(C)cc1. The molecule has 0 unspecified atom stereocenters. The van der Waals surface area contributed by atoms with Crippen LogP contribution in [0.2, 0.25) is 0 Å². The van der Waals surface area contributed by atoms with Crippen molar-refractivity contribution in [2.24, 2.45) is 0 Å². The topological polar surface area (TPSA) is 51.2 Å². The van der Waals surface area contributed by atoms with Crippen LogP contribution in [0.1, 0.15) is 23.0 Å². The fourth-order valence-corrected chi connectivity index (χ4v) is 3.05. The van der Waals surface area contributed by atoms with Crippen molar-refractivity contribution in [2.75, 3.05) is 18.2 Å². The summed E-state index contributed by atoms with van der Waals surface area (Å²) in [5.74, 6) is -0.390. The smallest absolute Gasteiger partial charge is 0.360 e. The molecule has 0 spiro atoms. The number of benzene rings is 1. The summed E-state index contributed by atoms with van der Waals surface area (Å²) < 4.78 is 5.88. The van der Waals surface area contributed by atoms with Gasteiger partial charge in [0.2, 0.25) is 0 Å². The van der Waals surface area contributed by atoms with Crippen LogP contribution in [-0.4, -0.2) is 23.8 Å². The monoisotopic (exact) mass is 308 g/mol. The lowest BCUT2D eigenvalue weighted by molar-refractivity contribution is 0.0521. The van der Waals surface area contributed by atoms with Gasteiger partial charge < -0.3 is 10.1 Å². The molecule has 20 heavy (non-hydrogen) atoms. The van der Waals surface area contributed by atoms with Gasteiger partial charge >= 0.3 is 5.97 Å². The van der Waals surface area contributed by atoms with Gasteiger partial charge in [-0.1, -0.05) is 40.8 Å². The lowest BCUT2D eigenvalue weighted by Gasteiger charge is -2.06. The van der Waals surface area contributed by atoms with Crippen LogP contribution in [-0.2, 0) is 4.74 Å². The third-order valence-corrected chi connectivity index (χ3v) is 4.52. The summed E-state index contributed by atoms with van der Waals surface area (Å²) in [4.78, 5) is 16.2. The number of thioether (sulfide) groups is 1. The maximum absolute atomic E-state index is 11.9. The molecule has 2 rings (SSSR count). The Morgan fingerprint density at radius 2 is 2.10 bits per heavy atom. The molecule has 106 valence electrons. The van der Waals surface area contributed by atoms with Crippen LogP contribution in [0.4, 0.5) is 10.7 Å². The Morgan fingerprint density at radius 3 is 2.70 bits per heavy atom. The van der Waals surface area contributed by atoms with Crippen LogP contribution < -0.4 is 5.32 Å². The van der Waals surface area contributed by atoms with Crippen LogP contribution in [0, 0.1) is 6.92 Å². The second kappa shape index (κ2) is 6.76. The van der Waals surface area contributed by atoms with Gasteiger partial charge in [0, 0.05) is 5.69 Å². The second-order valence-corrected chi connectivity index (χ2v) is 6.13. The summed E-state index contributed by atoms with van der Waals surface area (Å²) >= 11 is 2.96. The highest BCUT2D eigenvalue weighted by molar-refractivity contribution is 8.00. The fraction of sp³-hybridized carbons (Fsp3) is 0.286. The molecule has 1 N–H and O–H groups in total. The molecule has 1 aromatic heterocycles. The van der Waals surface area contributed by atoms with Crippen LogP contribution in [0.3, 0.4) is 0 Å². The molecule has 0 radical (unpaired) electrons. The molecule has 1 heterocycles. The number of carbonyl (C=O) groups excluding carboxylic acids is 1. The first-order valence-corrected chi connectivity index (χ1v) is 8.23. The third kappa shape index (κ3) is 3.52. The maximum Gasteiger partial charge on any atom is 0.360 e. The number of nitrogens with zero attached hydrogens (tertiary/aromatic N) is 1.